The lowest BCUT2D eigenvalue weighted by atomic mass is 9.97. The first-order chi connectivity index (χ1) is 14.0. The summed E-state index contributed by atoms with van der Waals surface area (Å²) >= 11 is 1.71. The van der Waals surface area contributed by atoms with Crippen LogP contribution >= 0.6 is 35.3 Å². The van der Waals surface area contributed by atoms with E-state index in [4.69, 9.17) is 0 Å². The maximum absolute atomic E-state index is 13.7. The van der Waals surface area contributed by atoms with E-state index in [0.29, 0.717) is 30.4 Å². The SMILES string of the molecule is CN=C(NCCc1cc(F)ccc1F)NCC1CCN(Cc2csc(C)n2)CC1.I. The Morgan fingerprint density at radius 1 is 1.27 bits per heavy atom. The van der Waals surface area contributed by atoms with Crippen molar-refractivity contribution in [1.29, 1.82) is 0 Å². The average molecular weight is 549 g/mol. The lowest BCUT2D eigenvalue weighted by molar-refractivity contribution is 0.176. The number of aliphatic imine (C=N–C) groups is 1. The first kappa shape index (κ1) is 24.9. The fourth-order valence-electron chi connectivity index (χ4n) is 3.57. The van der Waals surface area contributed by atoms with Crippen molar-refractivity contribution >= 4 is 41.3 Å². The normalized spacial score (nSPS) is 15.7. The second kappa shape index (κ2) is 12.5. The van der Waals surface area contributed by atoms with E-state index in [0.717, 1.165) is 50.1 Å². The number of likely N-dealkylation sites (tertiary alicyclic amines) is 1. The molecule has 166 valence electrons. The third-order valence-electron chi connectivity index (χ3n) is 5.24. The van der Waals surface area contributed by atoms with E-state index in [1.54, 1.807) is 18.4 Å². The maximum atomic E-state index is 13.7. The number of benzene rings is 1. The smallest absolute Gasteiger partial charge is 0.190 e. The van der Waals surface area contributed by atoms with Crippen molar-refractivity contribution < 1.29 is 8.78 Å². The van der Waals surface area contributed by atoms with Gasteiger partial charge in [-0.15, -0.1) is 35.3 Å². The number of nitrogens with zero attached hydrogens (tertiary/aromatic N) is 3. The van der Waals surface area contributed by atoms with Gasteiger partial charge in [0.05, 0.1) is 10.7 Å². The van der Waals surface area contributed by atoms with Gasteiger partial charge in [0.25, 0.3) is 0 Å². The molecule has 0 atom stereocenters. The zero-order valence-electron chi connectivity index (χ0n) is 17.5. The van der Waals surface area contributed by atoms with Crippen molar-refractivity contribution in [3.05, 3.63) is 51.5 Å². The molecule has 1 aromatic carbocycles. The summed E-state index contributed by atoms with van der Waals surface area (Å²) < 4.78 is 26.9. The number of guanidine groups is 1. The molecule has 0 spiro atoms. The molecule has 0 radical (unpaired) electrons. The monoisotopic (exact) mass is 549 g/mol. The highest BCUT2D eigenvalue weighted by Gasteiger charge is 2.20. The van der Waals surface area contributed by atoms with Gasteiger partial charge >= 0.3 is 0 Å². The summed E-state index contributed by atoms with van der Waals surface area (Å²) in [4.78, 5) is 11.2. The van der Waals surface area contributed by atoms with E-state index in [-0.39, 0.29) is 29.8 Å². The molecule has 3 rings (SSSR count). The van der Waals surface area contributed by atoms with Gasteiger partial charge in [-0.25, -0.2) is 13.8 Å². The lowest BCUT2D eigenvalue weighted by Crippen LogP contribution is -2.43. The highest BCUT2D eigenvalue weighted by Crippen LogP contribution is 2.19. The van der Waals surface area contributed by atoms with Crippen LogP contribution in [0.5, 0.6) is 0 Å². The topological polar surface area (TPSA) is 52.6 Å². The molecule has 1 aliphatic rings. The Bertz CT molecular complexity index is 821. The molecule has 0 aliphatic carbocycles. The summed E-state index contributed by atoms with van der Waals surface area (Å²) in [6.07, 6.45) is 2.68. The molecule has 1 saturated heterocycles. The van der Waals surface area contributed by atoms with Crippen LogP contribution in [0.25, 0.3) is 0 Å². The number of aromatic nitrogens is 1. The van der Waals surface area contributed by atoms with Gasteiger partial charge in [-0.1, -0.05) is 0 Å². The van der Waals surface area contributed by atoms with Crippen LogP contribution in [0.3, 0.4) is 0 Å². The molecule has 2 N–H and O–H groups in total. The van der Waals surface area contributed by atoms with E-state index in [1.165, 1.54) is 17.8 Å². The molecule has 5 nitrogen and oxygen atoms in total. The predicted molar refractivity (Wildman–Crippen MR) is 130 cm³/mol. The Hall–Kier alpha value is -1.33. The van der Waals surface area contributed by atoms with Gasteiger partial charge in [-0.2, -0.15) is 0 Å². The van der Waals surface area contributed by atoms with Crippen LogP contribution in [0.2, 0.25) is 0 Å². The van der Waals surface area contributed by atoms with Crippen LogP contribution < -0.4 is 10.6 Å². The quantitative estimate of drug-likeness (QED) is 0.312. The molecule has 0 amide bonds. The molecule has 0 saturated carbocycles. The van der Waals surface area contributed by atoms with Gasteiger partial charge in [0, 0.05) is 32.1 Å². The summed E-state index contributed by atoms with van der Waals surface area (Å²) in [6.45, 7) is 6.48. The average Bonchev–Trinajstić information content (AvgIpc) is 3.13. The highest BCUT2D eigenvalue weighted by atomic mass is 127. The van der Waals surface area contributed by atoms with Gasteiger partial charge < -0.3 is 10.6 Å². The molecule has 2 heterocycles. The van der Waals surface area contributed by atoms with Crippen molar-refractivity contribution in [1.82, 2.24) is 20.5 Å². The van der Waals surface area contributed by atoms with Crippen molar-refractivity contribution in [2.75, 3.05) is 33.2 Å². The van der Waals surface area contributed by atoms with Crippen molar-refractivity contribution in [2.24, 2.45) is 10.9 Å². The predicted octanol–water partition coefficient (Wildman–Crippen LogP) is 3.97. The van der Waals surface area contributed by atoms with Gasteiger partial charge in [-0.3, -0.25) is 9.89 Å². The molecular formula is C21H30F2IN5S. The molecular weight excluding hydrogens is 519 g/mol. The van der Waals surface area contributed by atoms with Crippen LogP contribution in [0.1, 0.15) is 29.1 Å². The number of thiazole rings is 1. The van der Waals surface area contributed by atoms with E-state index in [9.17, 15) is 8.78 Å². The summed E-state index contributed by atoms with van der Waals surface area (Å²) in [5, 5.41) is 9.81. The van der Waals surface area contributed by atoms with Crippen LogP contribution in [-0.2, 0) is 13.0 Å². The Labute approximate surface area is 198 Å². The minimum Gasteiger partial charge on any atom is -0.356 e. The third kappa shape index (κ3) is 7.73. The van der Waals surface area contributed by atoms with E-state index < -0.39 is 5.82 Å². The number of hydrogen-bond donors (Lipinski definition) is 2. The molecule has 9 heteroatoms. The maximum Gasteiger partial charge on any atom is 0.190 e. The Morgan fingerprint density at radius 3 is 2.70 bits per heavy atom. The van der Waals surface area contributed by atoms with Gasteiger partial charge in [0.15, 0.2) is 5.96 Å². The van der Waals surface area contributed by atoms with Gasteiger partial charge in [0.1, 0.15) is 11.6 Å². The second-order valence-electron chi connectivity index (χ2n) is 7.44. The van der Waals surface area contributed by atoms with E-state index in [1.807, 2.05) is 6.92 Å². The number of hydrogen-bond acceptors (Lipinski definition) is 4. The number of halogens is 3. The molecule has 1 aliphatic heterocycles. The Morgan fingerprint density at radius 2 is 2.03 bits per heavy atom. The third-order valence-corrected chi connectivity index (χ3v) is 6.06. The molecule has 0 bridgehead atoms. The minimum absolute atomic E-state index is 0. The summed E-state index contributed by atoms with van der Waals surface area (Å²) in [7, 11) is 1.72. The van der Waals surface area contributed by atoms with Crippen LogP contribution in [0, 0.1) is 24.5 Å². The lowest BCUT2D eigenvalue weighted by Gasteiger charge is -2.31. The van der Waals surface area contributed by atoms with E-state index >= 15 is 0 Å². The Kier molecular flexibility index (Phi) is 10.4. The fourth-order valence-corrected chi connectivity index (χ4v) is 4.17. The zero-order chi connectivity index (χ0) is 20.6. The van der Waals surface area contributed by atoms with Crippen LogP contribution in [-0.4, -0.2) is 49.1 Å². The molecule has 2 aromatic rings. The van der Waals surface area contributed by atoms with Crippen molar-refractivity contribution in [2.45, 2.75) is 32.7 Å². The zero-order valence-corrected chi connectivity index (χ0v) is 20.6. The fraction of sp³-hybridized carbons (Fsp3) is 0.524. The number of piperidine rings is 1. The minimum atomic E-state index is -0.417. The first-order valence-corrected chi connectivity index (χ1v) is 10.9. The van der Waals surface area contributed by atoms with Gasteiger partial charge in [-0.05, 0) is 69.0 Å². The molecule has 1 fully saturated rings. The van der Waals surface area contributed by atoms with Gasteiger partial charge in [0.2, 0.25) is 0 Å². The van der Waals surface area contributed by atoms with Crippen molar-refractivity contribution in [3.8, 4) is 0 Å². The standard InChI is InChI=1S/C21H29F2N5S.HI/c1-15-27-19(14-29-15)13-28-9-6-16(7-10-28)12-26-21(24-2)25-8-5-17-11-18(22)3-4-20(17)23;/h3-4,11,14,16H,5-10,12-13H2,1-2H3,(H2,24,25,26);1H. The van der Waals surface area contributed by atoms with E-state index in [2.05, 4.69) is 30.9 Å². The Balaban J connectivity index is 0.00000320. The number of nitrogens with one attached hydrogen (secondary N) is 2. The summed E-state index contributed by atoms with van der Waals surface area (Å²) in [5.41, 5.74) is 1.54. The van der Waals surface area contributed by atoms with Crippen LogP contribution in [0.4, 0.5) is 8.78 Å². The summed E-state index contributed by atoms with van der Waals surface area (Å²) in [5.74, 6) is 0.501. The molecule has 0 unspecified atom stereocenters. The first-order valence-electron chi connectivity index (χ1n) is 10.1. The second-order valence-corrected chi connectivity index (χ2v) is 8.51. The molecule has 1 aromatic heterocycles. The highest BCUT2D eigenvalue weighted by molar-refractivity contribution is 14.0. The number of aryl methyl sites for hydroxylation is 1. The van der Waals surface area contributed by atoms with Crippen molar-refractivity contribution in [3.63, 3.8) is 0 Å². The summed E-state index contributed by atoms with van der Waals surface area (Å²) in [6, 6.07) is 3.55. The van der Waals surface area contributed by atoms with Crippen LogP contribution in [0.15, 0.2) is 28.6 Å². The largest absolute Gasteiger partial charge is 0.356 e. The molecule has 30 heavy (non-hydrogen) atoms. The number of rotatable bonds is 7.